The molecule has 1 aliphatic rings. The molecule has 1 N–H and O–H groups in total. The van der Waals surface area contributed by atoms with Crippen LogP contribution < -0.4 is 10.1 Å². The predicted molar refractivity (Wildman–Crippen MR) is 128 cm³/mol. The summed E-state index contributed by atoms with van der Waals surface area (Å²) in [6.45, 7) is 2.16. The first-order valence-electron chi connectivity index (χ1n) is 11.0. The summed E-state index contributed by atoms with van der Waals surface area (Å²) in [5.41, 5.74) is 1.14. The van der Waals surface area contributed by atoms with Gasteiger partial charge >= 0.3 is 0 Å². The third-order valence-corrected chi connectivity index (χ3v) is 7.72. The van der Waals surface area contributed by atoms with Crippen LogP contribution in [0.1, 0.15) is 18.5 Å². The number of ether oxygens (including phenoxy) is 1. The minimum Gasteiger partial charge on any atom is -0.497 e. The van der Waals surface area contributed by atoms with Crippen LogP contribution >= 0.6 is 0 Å². The van der Waals surface area contributed by atoms with Gasteiger partial charge in [0.1, 0.15) is 11.6 Å². The summed E-state index contributed by atoms with van der Waals surface area (Å²) in [6, 6.07) is 13.7. The third-order valence-electron chi connectivity index (χ3n) is 5.84. The number of sulfonamides is 1. The minimum absolute atomic E-state index is 0.0522. The zero-order valence-corrected chi connectivity index (χ0v) is 20.1. The normalized spacial score (nSPS) is 16.6. The third kappa shape index (κ3) is 5.17. The molecule has 2 aromatic carbocycles. The molecule has 0 spiro atoms. The number of methoxy groups -OCH3 is 1. The minimum atomic E-state index is -3.76. The molecular formula is C23H25N5O6S. The lowest BCUT2D eigenvalue weighted by atomic mass is 9.99. The molecule has 0 radical (unpaired) electrons. The van der Waals surface area contributed by atoms with Crippen molar-refractivity contribution in [1.29, 1.82) is 0 Å². The Kier molecular flexibility index (Phi) is 6.85. The number of nitrogens with zero attached hydrogens (tertiary/aromatic N) is 4. The number of nitro benzene ring substituents is 1. The molecule has 2 heterocycles. The first-order chi connectivity index (χ1) is 16.7. The van der Waals surface area contributed by atoms with E-state index in [1.165, 1.54) is 40.4 Å². The fourth-order valence-corrected chi connectivity index (χ4v) is 5.52. The van der Waals surface area contributed by atoms with E-state index in [2.05, 4.69) is 10.4 Å². The topological polar surface area (TPSA) is 137 Å². The summed E-state index contributed by atoms with van der Waals surface area (Å²) >= 11 is 0. The van der Waals surface area contributed by atoms with E-state index in [0.29, 0.717) is 42.3 Å². The van der Waals surface area contributed by atoms with Crippen molar-refractivity contribution in [3.8, 4) is 11.4 Å². The highest BCUT2D eigenvalue weighted by Gasteiger charge is 2.33. The van der Waals surface area contributed by atoms with Crippen molar-refractivity contribution in [2.24, 2.45) is 5.92 Å². The Morgan fingerprint density at radius 1 is 1.17 bits per heavy atom. The fraction of sp³-hybridized carbons (Fsp3) is 0.304. The Bertz CT molecular complexity index is 1340. The molecule has 1 saturated heterocycles. The van der Waals surface area contributed by atoms with E-state index < -0.39 is 20.9 Å². The highest BCUT2D eigenvalue weighted by atomic mass is 32.2. The van der Waals surface area contributed by atoms with Gasteiger partial charge in [-0.05, 0) is 56.2 Å². The number of carbonyl (C=O) groups excluding carboxylic acids is 1. The molecule has 0 aliphatic carbocycles. The van der Waals surface area contributed by atoms with Gasteiger partial charge in [0.25, 0.3) is 5.69 Å². The molecule has 11 nitrogen and oxygen atoms in total. The second-order valence-corrected chi connectivity index (χ2v) is 10.2. The van der Waals surface area contributed by atoms with Crippen molar-refractivity contribution in [2.75, 3.05) is 25.5 Å². The number of nitrogens with one attached hydrogen (secondary N) is 1. The summed E-state index contributed by atoms with van der Waals surface area (Å²) in [5, 5.41) is 18.2. The number of carbonyl (C=O) groups is 1. The Labute approximate surface area is 202 Å². The maximum absolute atomic E-state index is 13.1. The molecule has 35 heavy (non-hydrogen) atoms. The standard InChI is InChI=1S/C23H25N5O6S/c1-16-14-22(27(25-16)18-5-7-19(8-6-18)28(30)31)24-23(29)17-4-3-13-26(15-17)35(32,33)21-11-9-20(34-2)10-12-21/h5-12,14,17H,3-4,13,15H2,1-2H3,(H,24,29). The van der Waals surface area contributed by atoms with Gasteiger partial charge < -0.3 is 10.1 Å². The summed E-state index contributed by atoms with van der Waals surface area (Å²) in [5.74, 6) is 0.0937. The van der Waals surface area contributed by atoms with Gasteiger partial charge in [0.05, 0.1) is 34.2 Å². The van der Waals surface area contributed by atoms with Crippen LogP contribution in [0.15, 0.2) is 59.5 Å². The molecule has 1 unspecified atom stereocenters. The van der Waals surface area contributed by atoms with Crippen LogP contribution in [0.25, 0.3) is 5.69 Å². The summed E-state index contributed by atoms with van der Waals surface area (Å²) in [6.07, 6.45) is 1.10. The lowest BCUT2D eigenvalue weighted by molar-refractivity contribution is -0.384. The van der Waals surface area contributed by atoms with Gasteiger partial charge in [-0.2, -0.15) is 9.40 Å². The van der Waals surface area contributed by atoms with E-state index in [1.807, 2.05) is 0 Å². The number of benzene rings is 2. The van der Waals surface area contributed by atoms with Gasteiger partial charge in [0.15, 0.2) is 0 Å². The molecule has 0 saturated carbocycles. The SMILES string of the molecule is COc1ccc(S(=O)(=O)N2CCCC(C(=O)Nc3cc(C)nn3-c3ccc([N+](=O)[O-])cc3)C2)cc1. The molecule has 3 aromatic rings. The van der Waals surface area contributed by atoms with Crippen molar-refractivity contribution in [3.63, 3.8) is 0 Å². The molecule has 1 fully saturated rings. The van der Waals surface area contributed by atoms with E-state index in [0.717, 1.165) is 0 Å². The molecule has 1 aliphatic heterocycles. The average molecular weight is 500 g/mol. The Balaban J connectivity index is 1.50. The summed E-state index contributed by atoms with van der Waals surface area (Å²) < 4.78 is 34.2. The van der Waals surface area contributed by atoms with Crippen LogP contribution in [0.5, 0.6) is 5.75 Å². The lowest BCUT2D eigenvalue weighted by Crippen LogP contribution is -2.43. The summed E-state index contributed by atoms with van der Waals surface area (Å²) in [7, 11) is -2.25. The van der Waals surface area contributed by atoms with Crippen molar-refractivity contribution in [3.05, 3.63) is 70.4 Å². The quantitative estimate of drug-likeness (QED) is 0.389. The average Bonchev–Trinajstić information content (AvgIpc) is 3.23. The smallest absolute Gasteiger partial charge is 0.269 e. The fourth-order valence-electron chi connectivity index (χ4n) is 4.00. The lowest BCUT2D eigenvalue weighted by Gasteiger charge is -2.31. The second kappa shape index (κ2) is 9.84. The van der Waals surface area contributed by atoms with Crippen LogP contribution in [0.2, 0.25) is 0 Å². The molecule has 1 amide bonds. The number of hydrogen-bond acceptors (Lipinski definition) is 7. The number of amides is 1. The van der Waals surface area contributed by atoms with Gasteiger partial charge in [-0.15, -0.1) is 0 Å². The first-order valence-corrected chi connectivity index (χ1v) is 12.4. The van der Waals surface area contributed by atoms with E-state index in [9.17, 15) is 23.3 Å². The molecule has 0 bridgehead atoms. The predicted octanol–water partition coefficient (Wildman–Crippen LogP) is 3.14. The monoisotopic (exact) mass is 499 g/mol. The number of hydrogen-bond donors (Lipinski definition) is 1. The van der Waals surface area contributed by atoms with Crippen LogP contribution in [0, 0.1) is 23.0 Å². The molecule has 1 atom stereocenters. The number of anilines is 1. The Morgan fingerprint density at radius 3 is 2.49 bits per heavy atom. The van der Waals surface area contributed by atoms with Crippen molar-refractivity contribution < 1.29 is 22.9 Å². The molecule has 12 heteroatoms. The van der Waals surface area contributed by atoms with Crippen molar-refractivity contribution >= 4 is 27.4 Å². The van der Waals surface area contributed by atoms with E-state index >= 15 is 0 Å². The maximum atomic E-state index is 13.1. The first kappa shape index (κ1) is 24.4. The molecule has 4 rings (SSSR count). The van der Waals surface area contributed by atoms with E-state index in [-0.39, 0.29) is 23.0 Å². The summed E-state index contributed by atoms with van der Waals surface area (Å²) in [4.78, 5) is 23.7. The number of nitro groups is 1. The van der Waals surface area contributed by atoms with Crippen LogP contribution in [0.3, 0.4) is 0 Å². The Hall–Kier alpha value is -3.77. The van der Waals surface area contributed by atoms with Gasteiger partial charge in [-0.1, -0.05) is 0 Å². The number of aryl methyl sites for hydroxylation is 1. The Morgan fingerprint density at radius 2 is 1.86 bits per heavy atom. The van der Waals surface area contributed by atoms with Gasteiger partial charge in [0, 0.05) is 31.3 Å². The van der Waals surface area contributed by atoms with Crippen molar-refractivity contribution in [2.45, 2.75) is 24.7 Å². The van der Waals surface area contributed by atoms with Gasteiger partial charge in [0.2, 0.25) is 15.9 Å². The number of non-ortho nitro benzene ring substituents is 1. The van der Waals surface area contributed by atoms with E-state index in [1.54, 1.807) is 37.3 Å². The molecular weight excluding hydrogens is 474 g/mol. The van der Waals surface area contributed by atoms with Gasteiger partial charge in [-0.3, -0.25) is 14.9 Å². The second-order valence-electron chi connectivity index (χ2n) is 8.22. The number of aromatic nitrogens is 2. The molecule has 184 valence electrons. The highest BCUT2D eigenvalue weighted by molar-refractivity contribution is 7.89. The zero-order valence-electron chi connectivity index (χ0n) is 19.2. The largest absolute Gasteiger partial charge is 0.497 e. The van der Waals surface area contributed by atoms with E-state index in [4.69, 9.17) is 4.74 Å². The van der Waals surface area contributed by atoms with Crippen LogP contribution in [-0.4, -0.2) is 53.5 Å². The van der Waals surface area contributed by atoms with Crippen molar-refractivity contribution in [1.82, 2.24) is 14.1 Å². The van der Waals surface area contributed by atoms with Crippen LogP contribution in [0.4, 0.5) is 11.5 Å². The highest BCUT2D eigenvalue weighted by Crippen LogP contribution is 2.27. The van der Waals surface area contributed by atoms with Crippen LogP contribution in [-0.2, 0) is 14.8 Å². The number of rotatable bonds is 7. The van der Waals surface area contributed by atoms with Gasteiger partial charge in [-0.25, -0.2) is 13.1 Å². The number of piperidine rings is 1. The zero-order chi connectivity index (χ0) is 25.2. The molecule has 1 aromatic heterocycles. The maximum Gasteiger partial charge on any atom is 0.269 e.